The number of hydrogen-bond donors (Lipinski definition) is 3. The van der Waals surface area contributed by atoms with Gasteiger partial charge in [-0.3, -0.25) is 4.79 Å². The van der Waals surface area contributed by atoms with Crippen LogP contribution in [0.5, 0.6) is 0 Å². The molecule has 1 aromatic carbocycles. The van der Waals surface area contributed by atoms with Crippen LogP contribution in [-0.4, -0.2) is 36.1 Å². The number of carbonyl (C=O) groups is 2. The van der Waals surface area contributed by atoms with E-state index < -0.39 is 5.97 Å². The van der Waals surface area contributed by atoms with Crippen LogP contribution in [-0.2, 0) is 0 Å². The molecule has 0 bridgehead atoms. The Balaban J connectivity index is 2.00. The van der Waals surface area contributed by atoms with E-state index in [0.29, 0.717) is 11.5 Å². The third-order valence-corrected chi connectivity index (χ3v) is 3.77. The van der Waals surface area contributed by atoms with Crippen molar-refractivity contribution in [1.29, 1.82) is 0 Å². The lowest BCUT2D eigenvalue weighted by molar-refractivity contribution is 0.0697. The average Bonchev–Trinajstić information content (AvgIpc) is 2.48. The second kappa shape index (κ2) is 6.52. The highest BCUT2D eigenvalue weighted by Gasteiger charge is 2.21. The molecule has 1 amide bonds. The fraction of sp³-hybridized carbons (Fsp3) is 0.467. The molecule has 0 aromatic heterocycles. The first-order valence-electron chi connectivity index (χ1n) is 6.93. The van der Waals surface area contributed by atoms with E-state index in [1.807, 2.05) is 6.92 Å². The number of rotatable bonds is 4. The lowest BCUT2D eigenvalue weighted by Gasteiger charge is -2.29. The first-order valence-corrected chi connectivity index (χ1v) is 6.93. The van der Waals surface area contributed by atoms with Gasteiger partial charge in [-0.25, -0.2) is 4.79 Å². The summed E-state index contributed by atoms with van der Waals surface area (Å²) in [6, 6.07) is 6.18. The summed E-state index contributed by atoms with van der Waals surface area (Å²) in [5.74, 6) is -0.814. The molecule has 1 aliphatic rings. The Morgan fingerprint density at radius 3 is 2.80 bits per heavy atom. The van der Waals surface area contributed by atoms with Gasteiger partial charge < -0.3 is 15.7 Å². The number of piperidine rings is 1. The van der Waals surface area contributed by atoms with Crippen molar-refractivity contribution in [3.05, 3.63) is 35.4 Å². The average molecular weight is 276 g/mol. The highest BCUT2D eigenvalue weighted by atomic mass is 16.4. The highest BCUT2D eigenvalue weighted by Crippen LogP contribution is 2.15. The van der Waals surface area contributed by atoms with Crippen LogP contribution in [0.4, 0.5) is 0 Å². The molecule has 0 radical (unpaired) electrons. The highest BCUT2D eigenvalue weighted by molar-refractivity contribution is 5.97. The summed E-state index contributed by atoms with van der Waals surface area (Å²) < 4.78 is 0. The van der Waals surface area contributed by atoms with Gasteiger partial charge in [-0.05, 0) is 57.0 Å². The monoisotopic (exact) mass is 276 g/mol. The minimum absolute atomic E-state index is 0.0729. The van der Waals surface area contributed by atoms with E-state index >= 15 is 0 Å². The fourth-order valence-electron chi connectivity index (χ4n) is 2.51. The third-order valence-electron chi connectivity index (χ3n) is 3.77. The van der Waals surface area contributed by atoms with E-state index in [-0.39, 0.29) is 17.5 Å². The molecule has 3 N–H and O–H groups in total. The number of carboxylic acids is 1. The largest absolute Gasteiger partial charge is 0.478 e. The van der Waals surface area contributed by atoms with Crippen molar-refractivity contribution in [2.24, 2.45) is 5.92 Å². The van der Waals surface area contributed by atoms with Crippen molar-refractivity contribution >= 4 is 11.9 Å². The van der Waals surface area contributed by atoms with E-state index in [2.05, 4.69) is 10.6 Å². The van der Waals surface area contributed by atoms with Crippen LogP contribution >= 0.6 is 0 Å². The normalized spacial score (nSPS) is 20.1. The quantitative estimate of drug-likeness (QED) is 0.779. The summed E-state index contributed by atoms with van der Waals surface area (Å²) in [6.45, 7) is 3.95. The van der Waals surface area contributed by atoms with Crippen molar-refractivity contribution < 1.29 is 14.7 Å². The minimum atomic E-state index is -1.02. The molecule has 5 heteroatoms. The standard InChI is InChI=1S/C15H20N2O3/c1-10(13-6-3-7-16-9-13)17-14(18)11-4-2-5-12(8-11)15(19)20/h2,4-5,8,10,13,16H,3,6-7,9H2,1H3,(H,17,18)(H,19,20). The zero-order valence-corrected chi connectivity index (χ0v) is 11.6. The zero-order valence-electron chi connectivity index (χ0n) is 11.6. The lowest BCUT2D eigenvalue weighted by Crippen LogP contribution is -2.44. The van der Waals surface area contributed by atoms with Crippen molar-refractivity contribution in [3.63, 3.8) is 0 Å². The number of nitrogens with one attached hydrogen (secondary N) is 2. The van der Waals surface area contributed by atoms with Gasteiger partial charge in [-0.15, -0.1) is 0 Å². The van der Waals surface area contributed by atoms with E-state index in [0.717, 1.165) is 25.9 Å². The molecule has 1 heterocycles. The summed E-state index contributed by atoms with van der Waals surface area (Å²) in [5, 5.41) is 15.2. The van der Waals surface area contributed by atoms with Crippen molar-refractivity contribution in [2.75, 3.05) is 13.1 Å². The lowest BCUT2D eigenvalue weighted by atomic mass is 9.92. The van der Waals surface area contributed by atoms with Gasteiger partial charge in [0.05, 0.1) is 5.56 Å². The van der Waals surface area contributed by atoms with Crippen molar-refractivity contribution in [1.82, 2.24) is 10.6 Å². The molecule has 20 heavy (non-hydrogen) atoms. The Morgan fingerprint density at radius 1 is 1.40 bits per heavy atom. The van der Waals surface area contributed by atoms with Gasteiger partial charge in [-0.2, -0.15) is 0 Å². The molecule has 1 fully saturated rings. The van der Waals surface area contributed by atoms with Crippen molar-refractivity contribution in [3.8, 4) is 0 Å². The molecule has 0 spiro atoms. The van der Waals surface area contributed by atoms with Gasteiger partial charge in [0.25, 0.3) is 5.91 Å². The predicted octanol–water partition coefficient (Wildman–Crippen LogP) is 1.50. The number of carbonyl (C=O) groups excluding carboxylic acids is 1. The SMILES string of the molecule is CC(NC(=O)c1cccc(C(=O)O)c1)C1CCCNC1. The smallest absolute Gasteiger partial charge is 0.335 e. The molecule has 5 nitrogen and oxygen atoms in total. The molecule has 1 saturated heterocycles. The third kappa shape index (κ3) is 3.57. The van der Waals surface area contributed by atoms with E-state index in [9.17, 15) is 9.59 Å². The van der Waals surface area contributed by atoms with Gasteiger partial charge in [0.1, 0.15) is 0 Å². The summed E-state index contributed by atoms with van der Waals surface area (Å²) in [7, 11) is 0. The number of aromatic carboxylic acids is 1. The summed E-state index contributed by atoms with van der Waals surface area (Å²) in [6.07, 6.45) is 2.23. The Kier molecular flexibility index (Phi) is 4.74. The molecule has 1 aliphatic heterocycles. The molecular weight excluding hydrogens is 256 g/mol. The topological polar surface area (TPSA) is 78.4 Å². The maximum absolute atomic E-state index is 12.1. The van der Waals surface area contributed by atoms with E-state index in [1.54, 1.807) is 12.1 Å². The van der Waals surface area contributed by atoms with Crippen LogP contribution in [0.3, 0.4) is 0 Å². The molecule has 0 saturated carbocycles. The second-order valence-electron chi connectivity index (χ2n) is 5.25. The Hall–Kier alpha value is -1.88. The Labute approximate surface area is 118 Å². The summed E-state index contributed by atoms with van der Waals surface area (Å²) in [4.78, 5) is 23.1. The van der Waals surface area contributed by atoms with Crippen LogP contribution in [0.2, 0.25) is 0 Å². The molecule has 2 atom stereocenters. The molecular formula is C15H20N2O3. The van der Waals surface area contributed by atoms with Crippen molar-refractivity contribution in [2.45, 2.75) is 25.8 Å². The van der Waals surface area contributed by atoms with Gasteiger partial charge in [0.2, 0.25) is 0 Å². The van der Waals surface area contributed by atoms with Gasteiger partial charge in [0, 0.05) is 11.6 Å². The van der Waals surface area contributed by atoms with E-state index in [1.165, 1.54) is 12.1 Å². The number of carboxylic acid groups (broad SMARTS) is 1. The van der Waals surface area contributed by atoms with Gasteiger partial charge >= 0.3 is 5.97 Å². The van der Waals surface area contributed by atoms with Crippen LogP contribution in [0, 0.1) is 5.92 Å². The summed E-state index contributed by atoms with van der Waals surface area (Å²) in [5.41, 5.74) is 0.519. The second-order valence-corrected chi connectivity index (χ2v) is 5.25. The Bertz CT molecular complexity index is 496. The molecule has 2 rings (SSSR count). The van der Waals surface area contributed by atoms with Crippen LogP contribution in [0.15, 0.2) is 24.3 Å². The first kappa shape index (κ1) is 14.5. The predicted molar refractivity (Wildman–Crippen MR) is 75.9 cm³/mol. The maximum atomic E-state index is 12.1. The zero-order chi connectivity index (χ0) is 14.5. The fourth-order valence-corrected chi connectivity index (χ4v) is 2.51. The first-order chi connectivity index (χ1) is 9.58. The summed E-state index contributed by atoms with van der Waals surface area (Å²) >= 11 is 0. The van der Waals surface area contributed by atoms with Crippen LogP contribution in [0.25, 0.3) is 0 Å². The van der Waals surface area contributed by atoms with E-state index in [4.69, 9.17) is 5.11 Å². The van der Waals surface area contributed by atoms with Crippen LogP contribution in [0.1, 0.15) is 40.5 Å². The number of amides is 1. The minimum Gasteiger partial charge on any atom is -0.478 e. The number of hydrogen-bond acceptors (Lipinski definition) is 3. The molecule has 108 valence electrons. The maximum Gasteiger partial charge on any atom is 0.335 e. The van der Waals surface area contributed by atoms with Gasteiger partial charge in [0.15, 0.2) is 0 Å². The molecule has 0 aliphatic carbocycles. The molecule has 2 unspecified atom stereocenters. The van der Waals surface area contributed by atoms with Crippen LogP contribution < -0.4 is 10.6 Å². The number of benzene rings is 1. The van der Waals surface area contributed by atoms with Gasteiger partial charge in [-0.1, -0.05) is 6.07 Å². The Morgan fingerprint density at radius 2 is 2.15 bits per heavy atom. The molecule has 1 aromatic rings.